The SMILES string of the molecule is BrB(Br)Br.C.C.C.C.C=CC(=O)Cl.C=CC(=O)N1CC(N2CCN(C(=O)[C@H](C)Cc3cc(CC)c(Cl)cc3O)CC2)C1.C=CC(=O)N1CC(N2CCN(C(=O)[C@H](C)Cc3cc(CC)c(Cl)cc3OC)CC2)C1.CCc1cc(C[C@@H](C)C(=O)N2CCN(C3CN(C(=O)OC(C)(C)C)C3)CC2)c(OC)cc1Cl.COc1cc(Cl)c(Br)cc1C[C@@H](C)C(=O)N1CCN(C2CN(C(=O)OC(C)(C)C)C2)CC1.[2H]CC.[CH2-]C.[CH2-]C.[V].[Zn+2]. The molecule has 1 N–H and O–H groups in total. The summed E-state index contributed by atoms with van der Waals surface area (Å²) in [5.41, 5.74) is 5.96. The molecule has 8 aliphatic rings. The van der Waals surface area contributed by atoms with Gasteiger partial charge in [-0.3, -0.25) is 53.2 Å². The number of phenols is 1. The van der Waals surface area contributed by atoms with Gasteiger partial charge in [0, 0.05) is 250 Å². The fourth-order valence-electron chi connectivity index (χ4n) is 17.0. The summed E-state index contributed by atoms with van der Waals surface area (Å²) in [5, 5.41) is 12.3. The van der Waals surface area contributed by atoms with Crippen LogP contribution >= 0.6 is 121 Å². The van der Waals surface area contributed by atoms with Crippen LogP contribution < -0.4 is 14.2 Å². The van der Waals surface area contributed by atoms with Gasteiger partial charge in [-0.1, -0.05) is 176 Å². The standard InChI is InChI=1S/C25H38ClN3O4.C23H33BrClN3O4.C23H32ClN3O3.C22H30ClN3O3.C3H3ClO.C2H6.2C2H5.4CH4.BBr3.V.Zn/c1-7-18-13-19(22(32-6)14-21(18)26)12-17(2)23(30)28-10-8-27(9-11-28)20-15-29(16-20)24(31)33-25(3,4)5;1-15(10-16-11-18(24)19(25)12-20(16)31-5)21(29)27-8-6-26(7-9-27)17-13-28(14-17)22(30)32-23(2,3)4;1-5-17-12-18(21(30-4)13-20(17)24)11-16(3)23(29)26-9-7-25(8-10-26)19-14-27(15-19)22(28)6-2;1-4-16-11-17(20(27)12-19(16)23)10-15(3)22(29)25-8-6-24(7-9-25)18-13-26(14-18)21(28)5-2;1-2-3(4)5;3*1-2;;;;;2-1(3)4;;/h13-14,17,20H,7-12,15-16H2,1-6H3;11-12,15,17H,6-10,13-14H2,1-5H3;6,12-13,16,19H,2,5,7-11,14-15H2,1,3-4H3;5,11-12,15,18,27H,2,4,6-10,13-14H2,1,3H3;2H,1H2;1-2H3;2*1H2,2H3;4*1H4;;;/q;;;;;;2*-1;;;;;;;+2/t17-;15-;16-;15-;;;;;;;;;;;/m1111.........../s1/i;;;;;1D;;;;;;;;;. The number of methoxy groups -OCH3 is 3. The number of amides is 8. The summed E-state index contributed by atoms with van der Waals surface area (Å²) >= 11 is 42.4. The number of hydrogen-bond acceptors (Lipinski definition) is 19. The zero-order valence-corrected chi connectivity index (χ0v) is 101. The zero-order valence-electron chi connectivity index (χ0n) is 87.3. The van der Waals surface area contributed by atoms with Crippen molar-refractivity contribution in [1.29, 1.82) is 0 Å². The number of halogens is 9. The van der Waals surface area contributed by atoms with Crippen molar-refractivity contribution in [1.82, 2.24) is 58.8 Å². The third-order valence-corrected chi connectivity index (χ3v) is 27.3. The average Bonchev–Trinajstić information content (AvgIpc) is 0.802. The van der Waals surface area contributed by atoms with Gasteiger partial charge in [0.15, 0.2) is 0 Å². The molecule has 815 valence electrons. The van der Waals surface area contributed by atoms with Gasteiger partial charge in [-0.05, 0) is 195 Å². The van der Waals surface area contributed by atoms with Gasteiger partial charge < -0.3 is 81.8 Å². The van der Waals surface area contributed by atoms with Gasteiger partial charge in [-0.2, -0.15) is 13.8 Å². The van der Waals surface area contributed by atoms with Gasteiger partial charge in [0.05, 0.1) is 26.4 Å². The molecule has 0 saturated carbocycles. The van der Waals surface area contributed by atoms with Crippen LogP contribution in [-0.4, -0.2) is 334 Å². The summed E-state index contributed by atoms with van der Waals surface area (Å²) in [6.45, 7) is 65.8. The predicted octanol–water partition coefficient (Wildman–Crippen LogP) is 21.2. The van der Waals surface area contributed by atoms with Crippen LogP contribution in [0, 0.1) is 37.5 Å². The molecular weight excluding hydrogens is 2310 g/mol. The van der Waals surface area contributed by atoms with Gasteiger partial charge in [-0.15, -0.1) is 47.3 Å². The minimum Gasteiger partial charge on any atom is -0.508 e. The van der Waals surface area contributed by atoms with Gasteiger partial charge in [-0.25, -0.2) is 9.59 Å². The minimum atomic E-state index is -0.509. The molecule has 8 saturated heterocycles. The summed E-state index contributed by atoms with van der Waals surface area (Å²) < 4.78 is 34.6. The van der Waals surface area contributed by atoms with E-state index in [4.69, 9.17) is 83.1 Å². The Morgan fingerprint density at radius 3 is 0.855 bits per heavy atom. The van der Waals surface area contributed by atoms with Crippen LogP contribution in [0.4, 0.5) is 9.59 Å². The van der Waals surface area contributed by atoms with Crippen LogP contribution in [0.5, 0.6) is 23.0 Å². The molecule has 8 fully saturated rings. The maximum Gasteiger partial charge on any atom is 2.00 e. The van der Waals surface area contributed by atoms with E-state index in [9.17, 15) is 48.3 Å². The van der Waals surface area contributed by atoms with Gasteiger partial charge >= 0.3 is 34.8 Å². The van der Waals surface area contributed by atoms with Crippen LogP contribution in [0.3, 0.4) is 0 Å². The number of aryl methyl sites for hydroxylation is 3. The number of rotatable bonds is 25. The number of phenolic OH excluding ortho intramolecular Hbond substituents is 1. The molecule has 145 heavy (non-hydrogen) atoms. The second-order valence-corrected chi connectivity index (χ2v) is 45.9. The van der Waals surface area contributed by atoms with Gasteiger partial charge in [0.1, 0.15) is 34.2 Å². The summed E-state index contributed by atoms with van der Waals surface area (Å²) in [5.74, 6) is 2.32. The first kappa shape index (κ1) is 142. The van der Waals surface area contributed by atoms with E-state index in [2.05, 4.69) is 142 Å². The van der Waals surface area contributed by atoms with Crippen molar-refractivity contribution in [2.75, 3.05) is 178 Å². The third-order valence-electron chi connectivity index (χ3n) is 24.9. The first-order valence-electron chi connectivity index (χ1n) is 48.4. The molecule has 1 radical (unpaired) electrons. The van der Waals surface area contributed by atoms with E-state index < -0.39 is 16.4 Å². The van der Waals surface area contributed by atoms with E-state index in [1.54, 1.807) is 73.8 Å². The van der Waals surface area contributed by atoms with Gasteiger partial charge in [0.25, 0.3) is 0 Å². The van der Waals surface area contributed by atoms with Crippen LogP contribution in [0.1, 0.15) is 188 Å². The molecule has 12 rings (SSSR count). The first-order valence-corrected chi connectivity index (χ1v) is 53.1. The predicted molar refractivity (Wildman–Crippen MR) is 605 cm³/mol. The Balaban J connectivity index is -0.00000175. The molecule has 0 spiro atoms. The van der Waals surface area contributed by atoms with Crippen molar-refractivity contribution in [3.05, 3.63) is 164 Å². The number of benzene rings is 4. The van der Waals surface area contributed by atoms with Crippen molar-refractivity contribution in [3.8, 4) is 23.0 Å². The molecule has 4 aromatic rings. The molecule has 0 unspecified atom stereocenters. The molecule has 0 bridgehead atoms. The molecule has 4 aromatic carbocycles. The van der Waals surface area contributed by atoms with Crippen molar-refractivity contribution in [2.24, 2.45) is 23.7 Å². The molecule has 39 heteroatoms. The van der Waals surface area contributed by atoms with Crippen LogP contribution in [-0.2, 0) is 126 Å². The van der Waals surface area contributed by atoms with Crippen LogP contribution in [0.2, 0.25) is 20.1 Å². The maximum atomic E-state index is 13.1. The molecule has 0 aromatic heterocycles. The van der Waals surface area contributed by atoms with E-state index in [0.29, 0.717) is 148 Å². The van der Waals surface area contributed by atoms with Crippen LogP contribution in [0.25, 0.3) is 0 Å². The largest absolute Gasteiger partial charge is 2.00 e. The number of carbonyl (C=O) groups excluding carboxylic acids is 9. The molecule has 4 atom stereocenters. The number of piperazine rings is 4. The normalized spacial score (nSPS) is 16.7. The number of nitrogens with zero attached hydrogens (tertiary/aromatic N) is 12. The van der Waals surface area contributed by atoms with Crippen molar-refractivity contribution < 1.29 is 111 Å². The molecule has 8 heterocycles. The van der Waals surface area contributed by atoms with Crippen molar-refractivity contribution in [3.63, 3.8) is 0 Å². The Kier molecular flexibility index (Phi) is 70.1. The third kappa shape index (κ3) is 45.6. The molecule has 8 aliphatic heterocycles. The summed E-state index contributed by atoms with van der Waals surface area (Å²) in [7, 11) is 4.88. The van der Waals surface area contributed by atoms with E-state index in [1.807, 2.05) is 120 Å². The Morgan fingerprint density at radius 2 is 0.634 bits per heavy atom. The van der Waals surface area contributed by atoms with E-state index in [1.165, 1.54) is 12.2 Å². The van der Waals surface area contributed by atoms with Crippen molar-refractivity contribution >= 4 is 177 Å². The first-order chi connectivity index (χ1) is 66.1. The van der Waals surface area contributed by atoms with E-state index >= 15 is 0 Å². The average molecular weight is 2480 g/mol. The Morgan fingerprint density at radius 1 is 0.421 bits per heavy atom. The minimum absolute atomic E-state index is 0. The number of hydrogen-bond donors (Lipinski definition) is 1. The number of carbonyl (C=O) groups is 9. The monoisotopic (exact) mass is 2470 g/mol. The van der Waals surface area contributed by atoms with E-state index in [-0.39, 0.29) is 148 Å². The molecule has 8 amide bonds. The Hall–Kier alpha value is -5.19. The zero-order chi connectivity index (χ0) is 105. The molecule has 27 nitrogen and oxygen atoms in total. The molecule has 0 aliphatic carbocycles. The second-order valence-electron chi connectivity index (χ2n) is 36.6. The fourth-order valence-corrected chi connectivity index (χ4v) is 18.4. The van der Waals surface area contributed by atoms with E-state index in [0.717, 1.165) is 172 Å². The maximum absolute atomic E-state index is 13.1. The summed E-state index contributed by atoms with van der Waals surface area (Å²) in [6, 6.07) is 16.5. The Bertz CT molecular complexity index is 4680. The summed E-state index contributed by atoms with van der Waals surface area (Å²) in [6.07, 6.45) is 8.09. The summed E-state index contributed by atoms with van der Waals surface area (Å²) in [4.78, 5) is 133. The topological polar surface area (TPSA) is 259 Å². The number of likely N-dealkylation sites (tertiary alicyclic amines) is 4. The Labute approximate surface area is 955 Å². The fraction of sp³-hybridized carbons (Fsp3) is 0.613. The number of allylic oxidation sites excluding steroid dienone is 1. The quantitative estimate of drug-likeness (QED) is 0.0280. The van der Waals surface area contributed by atoms with Crippen LogP contribution in [0.15, 0.2) is 91.0 Å². The molecular formula is C106H168BBr4Cl5N12O15VZn. The second kappa shape index (κ2) is 71.7. The van der Waals surface area contributed by atoms with Gasteiger partial charge in [0.2, 0.25) is 40.7 Å². The number of aromatic hydroxyl groups is 1. The smallest absolute Gasteiger partial charge is 0.508 e. The van der Waals surface area contributed by atoms with Crippen molar-refractivity contribution in [2.45, 2.75) is 228 Å². The number of ether oxygens (including phenoxy) is 5.